The normalized spacial score (nSPS) is 35.4. The quantitative estimate of drug-likeness (QED) is 0.840. The van der Waals surface area contributed by atoms with Crippen LogP contribution in [0.4, 0.5) is 0 Å². The van der Waals surface area contributed by atoms with Gasteiger partial charge in [-0.1, -0.05) is 6.92 Å². The van der Waals surface area contributed by atoms with Gasteiger partial charge in [0.05, 0.1) is 30.3 Å². The number of carbonyl (C=O) groups excluding carboxylic acids is 1. The first-order valence-electron chi connectivity index (χ1n) is 7.82. The molecule has 4 heteroatoms. The molecule has 2 aliphatic heterocycles. The molecule has 2 rings (SSSR count). The zero-order valence-corrected chi connectivity index (χ0v) is 13.5. The molecule has 2 saturated heterocycles. The van der Waals surface area contributed by atoms with Crippen molar-refractivity contribution in [2.75, 3.05) is 19.8 Å². The van der Waals surface area contributed by atoms with Crippen LogP contribution in [0.3, 0.4) is 0 Å². The Morgan fingerprint density at radius 3 is 2.50 bits per heavy atom. The van der Waals surface area contributed by atoms with Crippen LogP contribution < -0.4 is 5.32 Å². The number of rotatable bonds is 5. The van der Waals surface area contributed by atoms with Gasteiger partial charge in [-0.3, -0.25) is 4.79 Å². The minimum absolute atomic E-state index is 0.0247. The zero-order chi connectivity index (χ0) is 15.0. The molecule has 2 heterocycles. The Morgan fingerprint density at radius 2 is 1.95 bits per heavy atom. The predicted molar refractivity (Wildman–Crippen MR) is 78.7 cm³/mol. The monoisotopic (exact) mass is 283 g/mol. The fourth-order valence-electron chi connectivity index (χ4n) is 3.63. The fourth-order valence-corrected chi connectivity index (χ4v) is 3.63. The van der Waals surface area contributed by atoms with Crippen LogP contribution in [0, 0.1) is 11.8 Å². The van der Waals surface area contributed by atoms with Crippen LogP contribution in [0.2, 0.25) is 0 Å². The number of carbonyl (C=O) groups is 1. The molecule has 2 fully saturated rings. The molecule has 0 aromatic heterocycles. The van der Waals surface area contributed by atoms with E-state index in [1.165, 1.54) is 0 Å². The van der Waals surface area contributed by atoms with Crippen molar-refractivity contribution in [2.24, 2.45) is 11.8 Å². The van der Waals surface area contributed by atoms with Crippen LogP contribution in [-0.4, -0.2) is 42.8 Å². The smallest absolute Gasteiger partial charge is 0.145 e. The number of ketones is 1. The van der Waals surface area contributed by atoms with E-state index in [0.29, 0.717) is 19.0 Å². The third-order valence-corrected chi connectivity index (χ3v) is 4.52. The average Bonchev–Trinajstić information content (AvgIpc) is 2.87. The highest BCUT2D eigenvalue weighted by Gasteiger charge is 2.52. The molecule has 1 N–H and O–H groups in total. The summed E-state index contributed by atoms with van der Waals surface area (Å²) in [7, 11) is 0. The van der Waals surface area contributed by atoms with Crippen LogP contribution in [0.15, 0.2) is 0 Å². The number of hydrogen-bond donors (Lipinski definition) is 1. The minimum Gasteiger partial charge on any atom is -0.379 e. The van der Waals surface area contributed by atoms with E-state index in [9.17, 15) is 4.79 Å². The molecule has 20 heavy (non-hydrogen) atoms. The van der Waals surface area contributed by atoms with Crippen LogP contribution >= 0.6 is 0 Å². The van der Waals surface area contributed by atoms with Crippen molar-refractivity contribution in [3.8, 4) is 0 Å². The Bertz CT molecular complexity index is 365. The van der Waals surface area contributed by atoms with Crippen LogP contribution in [-0.2, 0) is 14.3 Å². The summed E-state index contributed by atoms with van der Waals surface area (Å²) in [5, 5.41) is 3.45. The first-order valence-corrected chi connectivity index (χ1v) is 7.82. The lowest BCUT2D eigenvalue weighted by Gasteiger charge is -2.29. The summed E-state index contributed by atoms with van der Waals surface area (Å²) in [4.78, 5) is 12.9. The molecule has 0 amide bonds. The van der Waals surface area contributed by atoms with Gasteiger partial charge in [0, 0.05) is 12.0 Å². The van der Waals surface area contributed by atoms with Gasteiger partial charge < -0.3 is 14.8 Å². The lowest BCUT2D eigenvalue weighted by molar-refractivity contribution is -0.133. The molecule has 0 saturated carbocycles. The molecule has 0 aromatic rings. The van der Waals surface area contributed by atoms with Crippen molar-refractivity contribution in [1.29, 1.82) is 0 Å². The molecule has 2 aliphatic rings. The summed E-state index contributed by atoms with van der Waals surface area (Å²) >= 11 is 0. The van der Waals surface area contributed by atoms with Crippen LogP contribution in [0.5, 0.6) is 0 Å². The Kier molecular flexibility index (Phi) is 4.57. The van der Waals surface area contributed by atoms with Crippen molar-refractivity contribution >= 4 is 5.78 Å². The maximum Gasteiger partial charge on any atom is 0.145 e. The van der Waals surface area contributed by atoms with Crippen molar-refractivity contribution < 1.29 is 14.3 Å². The highest BCUT2D eigenvalue weighted by molar-refractivity contribution is 5.86. The molecule has 3 unspecified atom stereocenters. The molecule has 0 spiro atoms. The summed E-state index contributed by atoms with van der Waals surface area (Å²) in [6.07, 6.45) is 1.87. The fraction of sp³-hybridized carbons (Fsp3) is 0.938. The lowest BCUT2D eigenvalue weighted by atomic mass is 9.78. The average molecular weight is 283 g/mol. The van der Waals surface area contributed by atoms with Gasteiger partial charge in [0.2, 0.25) is 0 Å². The van der Waals surface area contributed by atoms with E-state index in [-0.39, 0.29) is 29.1 Å². The highest BCUT2D eigenvalue weighted by Crippen LogP contribution is 2.44. The topological polar surface area (TPSA) is 47.6 Å². The van der Waals surface area contributed by atoms with E-state index in [4.69, 9.17) is 9.47 Å². The van der Waals surface area contributed by atoms with Crippen LogP contribution in [0.25, 0.3) is 0 Å². The zero-order valence-electron chi connectivity index (χ0n) is 13.5. The Hall–Kier alpha value is -0.450. The third-order valence-electron chi connectivity index (χ3n) is 4.52. The van der Waals surface area contributed by atoms with Gasteiger partial charge in [0.15, 0.2) is 0 Å². The number of Topliss-reactive ketones (excluding diaryl/α,β-unsaturated/α-hetero) is 1. The summed E-state index contributed by atoms with van der Waals surface area (Å²) < 4.78 is 11.6. The maximum atomic E-state index is 12.9. The standard InChI is InChI=1S/C16H29NO3/c1-6-7-17-13-10-19-9-11(13)14(18)12-8-15(2,3)20-16(12,4)5/h11-13,17H,6-10H2,1-5H3. The van der Waals surface area contributed by atoms with Gasteiger partial charge in [-0.15, -0.1) is 0 Å². The second-order valence-electron chi connectivity index (χ2n) is 7.33. The highest BCUT2D eigenvalue weighted by atomic mass is 16.5. The van der Waals surface area contributed by atoms with Gasteiger partial charge in [0.1, 0.15) is 5.78 Å². The minimum atomic E-state index is -0.377. The molecule has 4 nitrogen and oxygen atoms in total. The van der Waals surface area contributed by atoms with Gasteiger partial charge in [0.25, 0.3) is 0 Å². The van der Waals surface area contributed by atoms with Crippen molar-refractivity contribution in [3.05, 3.63) is 0 Å². The van der Waals surface area contributed by atoms with Gasteiger partial charge >= 0.3 is 0 Å². The number of hydrogen-bond acceptors (Lipinski definition) is 4. The first-order chi connectivity index (χ1) is 9.27. The van der Waals surface area contributed by atoms with E-state index in [1.54, 1.807) is 0 Å². The van der Waals surface area contributed by atoms with Gasteiger partial charge in [-0.2, -0.15) is 0 Å². The van der Waals surface area contributed by atoms with Gasteiger partial charge in [-0.25, -0.2) is 0 Å². The molecule has 116 valence electrons. The molecule has 0 aromatic carbocycles. The van der Waals surface area contributed by atoms with Crippen molar-refractivity contribution in [1.82, 2.24) is 5.32 Å². The Morgan fingerprint density at radius 1 is 1.25 bits per heavy atom. The largest absolute Gasteiger partial charge is 0.379 e. The van der Waals surface area contributed by atoms with Crippen molar-refractivity contribution in [3.63, 3.8) is 0 Å². The lowest BCUT2D eigenvalue weighted by Crippen LogP contribution is -2.45. The molecular formula is C16H29NO3. The number of nitrogens with one attached hydrogen (secondary N) is 1. The molecule has 0 radical (unpaired) electrons. The SMILES string of the molecule is CCCNC1COCC1C(=O)C1CC(C)(C)OC1(C)C. The first kappa shape index (κ1) is 15.9. The molecule has 3 atom stereocenters. The number of ether oxygens (including phenoxy) is 2. The molecular weight excluding hydrogens is 254 g/mol. The van der Waals surface area contributed by atoms with E-state index in [1.807, 2.05) is 13.8 Å². The third kappa shape index (κ3) is 3.23. The summed E-state index contributed by atoms with van der Waals surface area (Å²) in [6, 6.07) is 0.168. The van der Waals surface area contributed by atoms with E-state index >= 15 is 0 Å². The van der Waals surface area contributed by atoms with Gasteiger partial charge in [-0.05, 0) is 47.1 Å². The van der Waals surface area contributed by atoms with E-state index in [2.05, 4.69) is 26.1 Å². The summed E-state index contributed by atoms with van der Waals surface area (Å²) in [6.45, 7) is 12.5. The maximum absolute atomic E-state index is 12.9. The van der Waals surface area contributed by atoms with E-state index < -0.39 is 0 Å². The van der Waals surface area contributed by atoms with E-state index in [0.717, 1.165) is 19.4 Å². The Balaban J connectivity index is 2.07. The Labute approximate surface area is 122 Å². The van der Waals surface area contributed by atoms with Crippen LogP contribution in [0.1, 0.15) is 47.5 Å². The second kappa shape index (κ2) is 5.74. The predicted octanol–water partition coefficient (Wildman–Crippen LogP) is 2.16. The summed E-state index contributed by atoms with van der Waals surface area (Å²) in [5.41, 5.74) is -0.589. The van der Waals surface area contributed by atoms with Crippen molar-refractivity contribution in [2.45, 2.75) is 64.7 Å². The molecule has 0 bridgehead atoms. The molecule has 0 aliphatic carbocycles. The second-order valence-corrected chi connectivity index (χ2v) is 7.33. The summed E-state index contributed by atoms with van der Waals surface area (Å²) in [5.74, 6) is 0.255.